The van der Waals surface area contributed by atoms with Crippen LogP contribution in [0.3, 0.4) is 0 Å². The molecule has 3 heteroatoms. The maximum absolute atomic E-state index is 14.1. The van der Waals surface area contributed by atoms with Gasteiger partial charge >= 0.3 is 0 Å². The Hall–Kier alpha value is -0.800. The van der Waals surface area contributed by atoms with Crippen LogP contribution in [0.2, 0.25) is 0 Å². The predicted molar refractivity (Wildman–Crippen MR) is 68.2 cm³/mol. The van der Waals surface area contributed by atoms with Gasteiger partial charge in [0.15, 0.2) is 0 Å². The van der Waals surface area contributed by atoms with Crippen LogP contribution in [-0.2, 0) is 0 Å². The molecule has 2 rings (SSSR count). The zero-order valence-corrected chi connectivity index (χ0v) is 10.4. The van der Waals surface area contributed by atoms with Gasteiger partial charge in [0.05, 0.1) is 0 Å². The fourth-order valence-corrected chi connectivity index (χ4v) is 2.51. The topological polar surface area (TPSA) is 12.0 Å². The number of benzene rings is 1. The molecule has 86 valence electrons. The SMILES string of the molecule is CSc1cccc(C2=CCNC(C)C2)c1F. The molecule has 1 N–H and O–H groups in total. The second-order valence-corrected chi connectivity index (χ2v) is 4.91. The lowest BCUT2D eigenvalue weighted by molar-refractivity contribution is 0.568. The normalized spacial score (nSPS) is 20.7. The summed E-state index contributed by atoms with van der Waals surface area (Å²) in [6, 6.07) is 6.06. The highest BCUT2D eigenvalue weighted by Crippen LogP contribution is 2.29. The van der Waals surface area contributed by atoms with Crippen molar-refractivity contribution in [1.29, 1.82) is 0 Å². The lowest BCUT2D eigenvalue weighted by Crippen LogP contribution is -2.30. The Morgan fingerprint density at radius 3 is 2.94 bits per heavy atom. The number of halogens is 1. The van der Waals surface area contributed by atoms with Gasteiger partial charge in [0.2, 0.25) is 0 Å². The largest absolute Gasteiger partial charge is 0.310 e. The second-order valence-electron chi connectivity index (χ2n) is 4.06. The molecule has 0 saturated carbocycles. The first-order valence-corrected chi connectivity index (χ1v) is 6.70. The van der Waals surface area contributed by atoms with Gasteiger partial charge in [-0.3, -0.25) is 0 Å². The van der Waals surface area contributed by atoms with E-state index in [9.17, 15) is 4.39 Å². The van der Waals surface area contributed by atoms with E-state index in [0.717, 1.165) is 29.0 Å². The van der Waals surface area contributed by atoms with Gasteiger partial charge in [-0.1, -0.05) is 18.2 Å². The van der Waals surface area contributed by atoms with Gasteiger partial charge in [-0.05, 0) is 31.2 Å². The van der Waals surface area contributed by atoms with Crippen molar-refractivity contribution in [2.75, 3.05) is 12.8 Å². The third kappa shape index (κ3) is 2.30. The zero-order valence-electron chi connectivity index (χ0n) is 9.59. The van der Waals surface area contributed by atoms with E-state index < -0.39 is 0 Å². The van der Waals surface area contributed by atoms with Crippen LogP contribution in [0.4, 0.5) is 4.39 Å². The van der Waals surface area contributed by atoms with Crippen molar-refractivity contribution >= 4 is 17.3 Å². The smallest absolute Gasteiger partial charge is 0.144 e. The summed E-state index contributed by atoms with van der Waals surface area (Å²) in [7, 11) is 0. The molecule has 1 aromatic rings. The van der Waals surface area contributed by atoms with E-state index in [0.29, 0.717) is 6.04 Å². The highest BCUT2D eigenvalue weighted by atomic mass is 32.2. The molecule has 0 fully saturated rings. The van der Waals surface area contributed by atoms with Crippen molar-refractivity contribution in [3.05, 3.63) is 35.7 Å². The van der Waals surface area contributed by atoms with Crippen LogP contribution in [-0.4, -0.2) is 18.8 Å². The Bertz CT molecular complexity index is 414. The molecule has 1 aliphatic heterocycles. The van der Waals surface area contributed by atoms with Gasteiger partial charge in [0.1, 0.15) is 5.82 Å². The Morgan fingerprint density at radius 1 is 1.44 bits per heavy atom. The molecule has 1 unspecified atom stereocenters. The monoisotopic (exact) mass is 237 g/mol. The zero-order chi connectivity index (χ0) is 11.5. The third-order valence-corrected chi connectivity index (χ3v) is 3.63. The summed E-state index contributed by atoms with van der Waals surface area (Å²) in [5.74, 6) is -0.0737. The fraction of sp³-hybridized carbons (Fsp3) is 0.385. The Kier molecular flexibility index (Phi) is 3.66. The minimum atomic E-state index is -0.0737. The second kappa shape index (κ2) is 5.02. The van der Waals surface area contributed by atoms with Crippen LogP contribution in [0, 0.1) is 5.82 Å². The number of hydrogen-bond acceptors (Lipinski definition) is 2. The molecule has 1 heterocycles. The minimum absolute atomic E-state index is 0.0737. The van der Waals surface area contributed by atoms with Crippen molar-refractivity contribution in [3.63, 3.8) is 0 Å². The standard InChI is InChI=1S/C13H16FNS/c1-9-8-10(6-7-15-9)11-4-3-5-12(16-2)13(11)14/h3-6,9,15H,7-8H2,1-2H3. The maximum atomic E-state index is 14.1. The summed E-state index contributed by atoms with van der Waals surface area (Å²) in [6.07, 6.45) is 4.89. The van der Waals surface area contributed by atoms with Crippen molar-refractivity contribution in [1.82, 2.24) is 5.32 Å². The summed E-state index contributed by atoms with van der Waals surface area (Å²) in [5.41, 5.74) is 1.89. The first-order valence-electron chi connectivity index (χ1n) is 5.47. The summed E-state index contributed by atoms with van der Waals surface area (Å²) in [5, 5.41) is 3.33. The van der Waals surface area contributed by atoms with E-state index in [1.54, 1.807) is 0 Å². The van der Waals surface area contributed by atoms with E-state index in [2.05, 4.69) is 18.3 Å². The lowest BCUT2D eigenvalue weighted by Gasteiger charge is -2.21. The summed E-state index contributed by atoms with van der Waals surface area (Å²) < 4.78 is 14.1. The molecule has 16 heavy (non-hydrogen) atoms. The van der Waals surface area contributed by atoms with Gasteiger partial charge in [-0.15, -0.1) is 11.8 Å². The summed E-state index contributed by atoms with van der Waals surface area (Å²) in [6.45, 7) is 2.96. The van der Waals surface area contributed by atoms with Gasteiger partial charge in [-0.25, -0.2) is 4.39 Å². The van der Waals surface area contributed by atoms with Crippen LogP contribution in [0.1, 0.15) is 18.9 Å². The van der Waals surface area contributed by atoms with E-state index >= 15 is 0 Å². The molecular weight excluding hydrogens is 221 g/mol. The Labute approximate surface area is 100 Å². The molecule has 0 amide bonds. The van der Waals surface area contributed by atoms with Gasteiger partial charge in [0, 0.05) is 23.0 Å². The average molecular weight is 237 g/mol. The van der Waals surface area contributed by atoms with Crippen LogP contribution in [0.15, 0.2) is 29.2 Å². The number of hydrogen-bond donors (Lipinski definition) is 1. The van der Waals surface area contributed by atoms with Gasteiger partial charge in [-0.2, -0.15) is 0 Å². The van der Waals surface area contributed by atoms with E-state index in [-0.39, 0.29) is 5.82 Å². The van der Waals surface area contributed by atoms with Crippen LogP contribution in [0.5, 0.6) is 0 Å². The number of thioether (sulfide) groups is 1. The van der Waals surface area contributed by atoms with Crippen molar-refractivity contribution in [3.8, 4) is 0 Å². The molecule has 0 aromatic heterocycles. The average Bonchev–Trinajstić information content (AvgIpc) is 2.29. The molecule has 0 radical (unpaired) electrons. The summed E-state index contributed by atoms with van der Waals surface area (Å²) in [4.78, 5) is 0.726. The molecular formula is C13H16FNS. The van der Waals surface area contributed by atoms with E-state index in [4.69, 9.17) is 0 Å². The highest BCUT2D eigenvalue weighted by Gasteiger charge is 2.16. The number of nitrogens with one attached hydrogen (secondary N) is 1. The van der Waals surface area contributed by atoms with E-state index in [1.165, 1.54) is 11.8 Å². The molecule has 1 atom stereocenters. The summed E-state index contributed by atoms with van der Waals surface area (Å²) >= 11 is 1.46. The first-order chi connectivity index (χ1) is 7.72. The minimum Gasteiger partial charge on any atom is -0.310 e. The van der Waals surface area contributed by atoms with Crippen molar-refractivity contribution in [2.45, 2.75) is 24.3 Å². The van der Waals surface area contributed by atoms with Crippen molar-refractivity contribution in [2.24, 2.45) is 0 Å². The van der Waals surface area contributed by atoms with Gasteiger partial charge in [0.25, 0.3) is 0 Å². The highest BCUT2D eigenvalue weighted by molar-refractivity contribution is 7.98. The molecule has 0 saturated heterocycles. The molecule has 0 spiro atoms. The van der Waals surface area contributed by atoms with E-state index in [1.807, 2.05) is 24.5 Å². The predicted octanol–water partition coefficient (Wildman–Crippen LogP) is 3.31. The fourth-order valence-electron chi connectivity index (χ4n) is 2.01. The Balaban J connectivity index is 2.36. The first kappa shape index (κ1) is 11.7. The maximum Gasteiger partial charge on any atom is 0.144 e. The van der Waals surface area contributed by atoms with Crippen molar-refractivity contribution < 1.29 is 4.39 Å². The molecule has 1 nitrogen and oxygen atoms in total. The lowest BCUT2D eigenvalue weighted by atomic mass is 9.96. The van der Waals surface area contributed by atoms with Gasteiger partial charge < -0.3 is 5.32 Å². The molecule has 1 aliphatic rings. The van der Waals surface area contributed by atoms with Crippen LogP contribution in [0.25, 0.3) is 5.57 Å². The molecule has 1 aromatic carbocycles. The molecule has 0 bridgehead atoms. The molecule has 0 aliphatic carbocycles. The quantitative estimate of drug-likeness (QED) is 0.792. The number of rotatable bonds is 2. The van der Waals surface area contributed by atoms with Crippen LogP contribution < -0.4 is 5.32 Å². The van der Waals surface area contributed by atoms with Crippen LogP contribution >= 0.6 is 11.8 Å². The third-order valence-electron chi connectivity index (χ3n) is 2.87. The Morgan fingerprint density at radius 2 is 2.25 bits per heavy atom.